The fraction of sp³-hybridized carbons (Fsp3) is 1.00. The summed E-state index contributed by atoms with van der Waals surface area (Å²) in [5.74, 6) is 0.970. The van der Waals surface area contributed by atoms with E-state index in [0.29, 0.717) is 0 Å². The summed E-state index contributed by atoms with van der Waals surface area (Å²) in [4.78, 5) is 2.46. The molecule has 2 heteroatoms. The molecule has 0 aromatic rings. The maximum absolute atomic E-state index is 3.87. The molecule has 1 heterocycles. The van der Waals surface area contributed by atoms with E-state index in [0.717, 1.165) is 18.0 Å². The van der Waals surface area contributed by atoms with Gasteiger partial charge in [0, 0.05) is 18.6 Å². The molecule has 2 rings (SSSR count). The van der Waals surface area contributed by atoms with Gasteiger partial charge in [-0.25, -0.2) is 0 Å². The Balaban J connectivity index is 1.71. The predicted octanol–water partition coefficient (Wildman–Crippen LogP) is 2.25. The van der Waals surface area contributed by atoms with Crippen LogP contribution < -0.4 is 5.32 Å². The summed E-state index contributed by atoms with van der Waals surface area (Å²) in [5.41, 5.74) is 0. The summed E-state index contributed by atoms with van der Waals surface area (Å²) >= 11 is 0. The van der Waals surface area contributed by atoms with E-state index in [4.69, 9.17) is 0 Å². The molecule has 0 radical (unpaired) electrons. The molecule has 0 bridgehead atoms. The number of piperidine rings is 1. The van der Waals surface area contributed by atoms with Gasteiger partial charge >= 0.3 is 0 Å². The summed E-state index contributed by atoms with van der Waals surface area (Å²) in [5, 5.41) is 3.87. The molecule has 2 aliphatic rings. The lowest BCUT2D eigenvalue weighted by atomic mass is 9.87. The van der Waals surface area contributed by atoms with Crippen molar-refractivity contribution in [2.45, 2.75) is 57.5 Å². The second-order valence-corrected chi connectivity index (χ2v) is 5.72. The van der Waals surface area contributed by atoms with E-state index >= 15 is 0 Å². The zero-order valence-corrected chi connectivity index (χ0v) is 10.3. The van der Waals surface area contributed by atoms with E-state index in [1.807, 2.05) is 0 Å². The molecule has 2 fully saturated rings. The zero-order valence-electron chi connectivity index (χ0n) is 10.3. The first-order valence-corrected chi connectivity index (χ1v) is 6.68. The van der Waals surface area contributed by atoms with Crippen molar-refractivity contribution in [3.8, 4) is 0 Å². The maximum Gasteiger partial charge on any atom is 0.0197 e. The molecule has 1 saturated heterocycles. The van der Waals surface area contributed by atoms with Crippen molar-refractivity contribution >= 4 is 0 Å². The van der Waals surface area contributed by atoms with Crippen LogP contribution in [-0.4, -0.2) is 37.1 Å². The molecule has 15 heavy (non-hydrogen) atoms. The van der Waals surface area contributed by atoms with Crippen LogP contribution in [0.4, 0.5) is 0 Å². The third kappa shape index (κ3) is 3.46. The number of hydrogen-bond donors (Lipinski definition) is 1. The third-order valence-electron chi connectivity index (χ3n) is 4.11. The van der Waals surface area contributed by atoms with E-state index in [2.05, 4.69) is 24.2 Å². The van der Waals surface area contributed by atoms with Gasteiger partial charge in [-0.2, -0.15) is 0 Å². The van der Waals surface area contributed by atoms with Crippen molar-refractivity contribution in [3.05, 3.63) is 0 Å². The van der Waals surface area contributed by atoms with Crippen molar-refractivity contribution in [1.29, 1.82) is 0 Å². The van der Waals surface area contributed by atoms with Gasteiger partial charge < -0.3 is 10.2 Å². The van der Waals surface area contributed by atoms with Gasteiger partial charge in [0.2, 0.25) is 0 Å². The Hall–Kier alpha value is -0.0800. The van der Waals surface area contributed by atoms with Gasteiger partial charge in [-0.1, -0.05) is 6.92 Å². The van der Waals surface area contributed by atoms with Crippen LogP contribution in [0.3, 0.4) is 0 Å². The Labute approximate surface area is 94.4 Å². The van der Waals surface area contributed by atoms with Gasteiger partial charge in [0.15, 0.2) is 0 Å². The number of hydrogen-bond acceptors (Lipinski definition) is 2. The lowest BCUT2D eigenvalue weighted by Crippen LogP contribution is -2.48. The quantitative estimate of drug-likeness (QED) is 0.752. The smallest absolute Gasteiger partial charge is 0.0197 e. The van der Waals surface area contributed by atoms with E-state index < -0.39 is 0 Å². The topological polar surface area (TPSA) is 15.3 Å². The summed E-state index contributed by atoms with van der Waals surface area (Å²) < 4.78 is 0. The Morgan fingerprint density at radius 3 is 2.40 bits per heavy atom. The van der Waals surface area contributed by atoms with Crippen LogP contribution >= 0.6 is 0 Å². The van der Waals surface area contributed by atoms with Crippen LogP contribution in [0.15, 0.2) is 0 Å². The van der Waals surface area contributed by atoms with E-state index in [1.165, 1.54) is 51.6 Å². The van der Waals surface area contributed by atoms with Crippen LogP contribution in [0.5, 0.6) is 0 Å². The second kappa shape index (κ2) is 5.31. The van der Waals surface area contributed by atoms with Gasteiger partial charge in [-0.05, 0) is 58.0 Å². The van der Waals surface area contributed by atoms with Gasteiger partial charge in [0.1, 0.15) is 0 Å². The molecule has 2 nitrogen and oxygen atoms in total. The Morgan fingerprint density at radius 1 is 1.00 bits per heavy atom. The Bertz CT molecular complexity index is 185. The summed E-state index contributed by atoms with van der Waals surface area (Å²) in [6.45, 7) is 4.94. The first-order chi connectivity index (χ1) is 7.24. The summed E-state index contributed by atoms with van der Waals surface area (Å²) in [6.07, 6.45) is 8.43. The number of nitrogens with one attached hydrogen (secondary N) is 1. The molecule has 0 amide bonds. The summed E-state index contributed by atoms with van der Waals surface area (Å²) in [7, 11) is 2.25. The van der Waals surface area contributed by atoms with Gasteiger partial charge in [0.05, 0.1) is 0 Å². The Kier molecular flexibility index (Phi) is 4.04. The van der Waals surface area contributed by atoms with Gasteiger partial charge in [0.25, 0.3) is 0 Å². The highest BCUT2D eigenvalue weighted by molar-refractivity contribution is 4.83. The van der Waals surface area contributed by atoms with Crippen molar-refractivity contribution in [2.24, 2.45) is 5.92 Å². The lowest BCUT2D eigenvalue weighted by molar-refractivity contribution is 0.197. The predicted molar refractivity (Wildman–Crippen MR) is 65.1 cm³/mol. The van der Waals surface area contributed by atoms with Gasteiger partial charge in [-0.3, -0.25) is 0 Å². The minimum absolute atomic E-state index is 0.766. The standard InChI is InChI=1S/C13H26N2/c1-11-5-7-12(8-6-11)14-13-4-3-9-15(2)10-13/h11-14H,3-10H2,1-2H3. The zero-order chi connectivity index (χ0) is 10.7. The van der Waals surface area contributed by atoms with Crippen molar-refractivity contribution in [2.75, 3.05) is 20.1 Å². The van der Waals surface area contributed by atoms with Crippen molar-refractivity contribution in [1.82, 2.24) is 10.2 Å². The first-order valence-electron chi connectivity index (χ1n) is 6.68. The molecule has 1 atom stereocenters. The molecule has 0 spiro atoms. The SMILES string of the molecule is CC1CCC(NC2CCCN(C)C2)CC1. The minimum Gasteiger partial charge on any atom is -0.310 e. The maximum atomic E-state index is 3.87. The van der Waals surface area contributed by atoms with Crippen molar-refractivity contribution in [3.63, 3.8) is 0 Å². The molecule has 1 saturated carbocycles. The number of nitrogens with zero attached hydrogens (tertiary/aromatic N) is 1. The number of likely N-dealkylation sites (N-methyl/N-ethyl adjacent to an activating group) is 1. The average molecular weight is 210 g/mol. The molecule has 1 aliphatic heterocycles. The molecule has 0 aromatic heterocycles. The molecular formula is C13H26N2. The van der Waals surface area contributed by atoms with Crippen LogP contribution in [0.2, 0.25) is 0 Å². The Morgan fingerprint density at radius 2 is 1.73 bits per heavy atom. The first kappa shape index (κ1) is 11.4. The van der Waals surface area contributed by atoms with Gasteiger partial charge in [-0.15, -0.1) is 0 Å². The normalized spacial score (nSPS) is 39.2. The molecule has 1 unspecified atom stereocenters. The number of rotatable bonds is 2. The van der Waals surface area contributed by atoms with Crippen LogP contribution in [0.1, 0.15) is 45.4 Å². The van der Waals surface area contributed by atoms with E-state index in [1.54, 1.807) is 0 Å². The van der Waals surface area contributed by atoms with Crippen molar-refractivity contribution < 1.29 is 0 Å². The van der Waals surface area contributed by atoms with Crippen LogP contribution in [-0.2, 0) is 0 Å². The average Bonchev–Trinajstić information content (AvgIpc) is 2.22. The lowest BCUT2D eigenvalue weighted by Gasteiger charge is -2.35. The highest BCUT2D eigenvalue weighted by Gasteiger charge is 2.23. The molecule has 1 N–H and O–H groups in total. The highest BCUT2D eigenvalue weighted by Crippen LogP contribution is 2.24. The second-order valence-electron chi connectivity index (χ2n) is 5.72. The number of likely N-dealkylation sites (tertiary alicyclic amines) is 1. The highest BCUT2D eigenvalue weighted by atomic mass is 15.1. The van der Waals surface area contributed by atoms with Crippen LogP contribution in [0, 0.1) is 5.92 Å². The third-order valence-corrected chi connectivity index (χ3v) is 4.11. The van der Waals surface area contributed by atoms with E-state index in [-0.39, 0.29) is 0 Å². The monoisotopic (exact) mass is 210 g/mol. The van der Waals surface area contributed by atoms with Crippen LogP contribution in [0.25, 0.3) is 0 Å². The fourth-order valence-corrected chi connectivity index (χ4v) is 3.06. The largest absolute Gasteiger partial charge is 0.310 e. The summed E-state index contributed by atoms with van der Waals surface area (Å²) in [6, 6.07) is 1.58. The van der Waals surface area contributed by atoms with E-state index in [9.17, 15) is 0 Å². The molecule has 0 aromatic carbocycles. The fourth-order valence-electron chi connectivity index (χ4n) is 3.06. The molecule has 1 aliphatic carbocycles. The molecular weight excluding hydrogens is 184 g/mol. The molecule has 88 valence electrons. The minimum atomic E-state index is 0.766.